The number of nitrogens with one attached hydrogen (secondary N) is 1. The molecule has 2 atom stereocenters. The zero-order chi connectivity index (χ0) is 15.4. The van der Waals surface area contributed by atoms with Crippen LogP contribution >= 0.6 is 0 Å². The van der Waals surface area contributed by atoms with Crippen molar-refractivity contribution in [2.75, 3.05) is 18.4 Å². The Morgan fingerprint density at radius 1 is 1.18 bits per heavy atom. The van der Waals surface area contributed by atoms with Gasteiger partial charge < -0.3 is 10.4 Å². The van der Waals surface area contributed by atoms with Gasteiger partial charge in [0, 0.05) is 30.9 Å². The normalized spacial score (nSPS) is 20.0. The van der Waals surface area contributed by atoms with Crippen LogP contribution in [0.4, 0.5) is 5.69 Å². The van der Waals surface area contributed by atoms with E-state index in [-0.39, 0.29) is 6.61 Å². The highest BCUT2D eigenvalue weighted by molar-refractivity contribution is 5.46. The lowest BCUT2D eigenvalue weighted by molar-refractivity contribution is 0.261. The van der Waals surface area contributed by atoms with E-state index in [0.29, 0.717) is 12.1 Å². The van der Waals surface area contributed by atoms with Crippen molar-refractivity contribution in [3.63, 3.8) is 0 Å². The van der Waals surface area contributed by atoms with Gasteiger partial charge in [0.2, 0.25) is 0 Å². The molecule has 2 aromatic rings. The zero-order valence-corrected chi connectivity index (χ0v) is 13.1. The SMILES string of the molecule is C[C@H](c1ccccc1)N1CC[C@H](Nc2cccc(CO)c2)C1. The summed E-state index contributed by atoms with van der Waals surface area (Å²) in [6, 6.07) is 19.7. The molecule has 0 saturated carbocycles. The second kappa shape index (κ2) is 6.95. The summed E-state index contributed by atoms with van der Waals surface area (Å²) in [4.78, 5) is 2.53. The van der Waals surface area contributed by atoms with Crippen molar-refractivity contribution < 1.29 is 5.11 Å². The molecule has 1 aliphatic rings. The molecule has 116 valence electrons. The van der Waals surface area contributed by atoms with E-state index in [9.17, 15) is 5.11 Å². The van der Waals surface area contributed by atoms with E-state index in [0.717, 1.165) is 30.8 Å². The largest absolute Gasteiger partial charge is 0.392 e. The number of benzene rings is 2. The first-order chi connectivity index (χ1) is 10.8. The van der Waals surface area contributed by atoms with Crippen LogP contribution in [-0.2, 0) is 6.61 Å². The molecule has 2 N–H and O–H groups in total. The molecule has 0 aliphatic carbocycles. The van der Waals surface area contributed by atoms with E-state index in [2.05, 4.69) is 53.5 Å². The molecule has 0 bridgehead atoms. The Labute approximate surface area is 132 Å². The Morgan fingerprint density at radius 2 is 2.00 bits per heavy atom. The molecule has 0 spiro atoms. The Hall–Kier alpha value is -1.84. The average molecular weight is 296 g/mol. The lowest BCUT2D eigenvalue weighted by atomic mass is 10.1. The second-order valence-electron chi connectivity index (χ2n) is 6.07. The number of aliphatic hydroxyl groups is 1. The first kappa shape index (κ1) is 15.1. The van der Waals surface area contributed by atoms with Crippen LogP contribution in [0.2, 0.25) is 0 Å². The average Bonchev–Trinajstić information content (AvgIpc) is 3.03. The number of hydrogen-bond donors (Lipinski definition) is 2. The number of rotatable bonds is 5. The molecule has 2 aromatic carbocycles. The minimum Gasteiger partial charge on any atom is -0.392 e. The third kappa shape index (κ3) is 3.49. The van der Waals surface area contributed by atoms with Gasteiger partial charge in [0.1, 0.15) is 0 Å². The van der Waals surface area contributed by atoms with Gasteiger partial charge in [0.05, 0.1) is 6.61 Å². The third-order valence-corrected chi connectivity index (χ3v) is 4.53. The second-order valence-corrected chi connectivity index (χ2v) is 6.07. The molecular weight excluding hydrogens is 272 g/mol. The van der Waals surface area contributed by atoms with Crippen LogP contribution in [0.15, 0.2) is 54.6 Å². The summed E-state index contributed by atoms with van der Waals surface area (Å²) in [5.74, 6) is 0. The van der Waals surface area contributed by atoms with Gasteiger partial charge in [0.15, 0.2) is 0 Å². The maximum Gasteiger partial charge on any atom is 0.0682 e. The molecule has 1 saturated heterocycles. The summed E-state index contributed by atoms with van der Waals surface area (Å²) >= 11 is 0. The molecule has 1 heterocycles. The van der Waals surface area contributed by atoms with Crippen LogP contribution in [0.25, 0.3) is 0 Å². The van der Waals surface area contributed by atoms with Gasteiger partial charge in [-0.2, -0.15) is 0 Å². The quantitative estimate of drug-likeness (QED) is 0.887. The number of nitrogens with zero attached hydrogens (tertiary/aromatic N) is 1. The van der Waals surface area contributed by atoms with E-state index < -0.39 is 0 Å². The van der Waals surface area contributed by atoms with Crippen molar-refractivity contribution in [1.29, 1.82) is 0 Å². The van der Waals surface area contributed by atoms with E-state index in [1.54, 1.807) is 0 Å². The molecule has 3 rings (SSSR count). The smallest absolute Gasteiger partial charge is 0.0682 e. The molecule has 0 amide bonds. The maximum atomic E-state index is 9.23. The summed E-state index contributed by atoms with van der Waals surface area (Å²) < 4.78 is 0. The Kier molecular flexibility index (Phi) is 4.76. The van der Waals surface area contributed by atoms with E-state index in [1.807, 2.05) is 18.2 Å². The van der Waals surface area contributed by atoms with Gasteiger partial charge in [0.25, 0.3) is 0 Å². The van der Waals surface area contributed by atoms with Crippen LogP contribution in [0.5, 0.6) is 0 Å². The molecular formula is C19H24N2O. The summed E-state index contributed by atoms with van der Waals surface area (Å²) in [5.41, 5.74) is 3.44. The summed E-state index contributed by atoms with van der Waals surface area (Å²) in [7, 11) is 0. The van der Waals surface area contributed by atoms with Gasteiger partial charge >= 0.3 is 0 Å². The van der Waals surface area contributed by atoms with Crippen LogP contribution in [-0.4, -0.2) is 29.1 Å². The van der Waals surface area contributed by atoms with Crippen LogP contribution in [0.3, 0.4) is 0 Å². The number of hydrogen-bond acceptors (Lipinski definition) is 3. The van der Waals surface area contributed by atoms with Gasteiger partial charge in [-0.1, -0.05) is 42.5 Å². The number of likely N-dealkylation sites (tertiary alicyclic amines) is 1. The highest BCUT2D eigenvalue weighted by Crippen LogP contribution is 2.26. The predicted octanol–water partition coefficient (Wildman–Crippen LogP) is 3.43. The Balaban J connectivity index is 1.60. The maximum absolute atomic E-state index is 9.23. The third-order valence-electron chi connectivity index (χ3n) is 4.53. The first-order valence-electron chi connectivity index (χ1n) is 8.01. The van der Waals surface area contributed by atoms with Crippen molar-refractivity contribution in [2.24, 2.45) is 0 Å². The van der Waals surface area contributed by atoms with Gasteiger partial charge in [-0.15, -0.1) is 0 Å². The molecule has 0 unspecified atom stereocenters. The fraction of sp³-hybridized carbons (Fsp3) is 0.368. The predicted molar refractivity (Wildman–Crippen MR) is 90.8 cm³/mol. The van der Waals surface area contributed by atoms with Crippen molar-refractivity contribution in [3.05, 3.63) is 65.7 Å². The standard InChI is InChI=1S/C19H24N2O/c1-15(17-7-3-2-4-8-17)21-11-10-19(13-21)20-18-9-5-6-16(12-18)14-22/h2-9,12,15,19-20,22H,10-11,13-14H2,1H3/t15-,19+/m1/s1. The molecule has 1 fully saturated rings. The minimum absolute atomic E-state index is 0.0946. The molecule has 3 heteroatoms. The van der Waals surface area contributed by atoms with Crippen molar-refractivity contribution >= 4 is 5.69 Å². The lowest BCUT2D eigenvalue weighted by Gasteiger charge is -2.25. The van der Waals surface area contributed by atoms with Crippen molar-refractivity contribution in [3.8, 4) is 0 Å². The molecule has 0 aromatic heterocycles. The Bertz CT molecular complexity index is 599. The summed E-state index contributed by atoms with van der Waals surface area (Å²) in [6.45, 7) is 4.55. The molecule has 1 aliphatic heterocycles. The van der Waals surface area contributed by atoms with Crippen LogP contribution < -0.4 is 5.32 Å². The van der Waals surface area contributed by atoms with Crippen LogP contribution in [0.1, 0.15) is 30.5 Å². The fourth-order valence-electron chi connectivity index (χ4n) is 3.19. The number of anilines is 1. The van der Waals surface area contributed by atoms with E-state index in [1.165, 1.54) is 5.56 Å². The zero-order valence-electron chi connectivity index (χ0n) is 13.1. The Morgan fingerprint density at radius 3 is 2.77 bits per heavy atom. The summed E-state index contributed by atoms with van der Waals surface area (Å²) in [5, 5.41) is 12.8. The minimum atomic E-state index is 0.0946. The highest BCUT2D eigenvalue weighted by atomic mass is 16.3. The van der Waals surface area contributed by atoms with E-state index in [4.69, 9.17) is 0 Å². The van der Waals surface area contributed by atoms with Gasteiger partial charge in [-0.05, 0) is 36.6 Å². The first-order valence-corrected chi connectivity index (χ1v) is 8.01. The molecule has 3 nitrogen and oxygen atoms in total. The number of aliphatic hydroxyl groups excluding tert-OH is 1. The highest BCUT2D eigenvalue weighted by Gasteiger charge is 2.26. The van der Waals surface area contributed by atoms with Gasteiger partial charge in [-0.25, -0.2) is 0 Å². The lowest BCUT2D eigenvalue weighted by Crippen LogP contribution is -2.28. The molecule has 22 heavy (non-hydrogen) atoms. The fourth-order valence-corrected chi connectivity index (χ4v) is 3.19. The van der Waals surface area contributed by atoms with Crippen molar-refractivity contribution in [2.45, 2.75) is 32.0 Å². The topological polar surface area (TPSA) is 35.5 Å². The van der Waals surface area contributed by atoms with Crippen molar-refractivity contribution in [1.82, 2.24) is 4.90 Å². The van der Waals surface area contributed by atoms with E-state index >= 15 is 0 Å². The monoisotopic (exact) mass is 296 g/mol. The summed E-state index contributed by atoms with van der Waals surface area (Å²) in [6.07, 6.45) is 1.15. The van der Waals surface area contributed by atoms with Gasteiger partial charge in [-0.3, -0.25) is 4.90 Å². The van der Waals surface area contributed by atoms with Crippen LogP contribution in [0, 0.1) is 0 Å². The molecule has 0 radical (unpaired) electrons.